The highest BCUT2D eigenvalue weighted by atomic mass is 19.1. The summed E-state index contributed by atoms with van der Waals surface area (Å²) in [6, 6.07) is 6.33. The second-order valence-electron chi connectivity index (χ2n) is 9.68. The third-order valence-electron chi connectivity index (χ3n) is 6.82. The normalized spacial score (nSPS) is 15.2. The molecule has 0 spiro atoms. The number of anilines is 1. The summed E-state index contributed by atoms with van der Waals surface area (Å²) in [5, 5.41) is 8.74. The van der Waals surface area contributed by atoms with Crippen molar-refractivity contribution in [3.63, 3.8) is 0 Å². The van der Waals surface area contributed by atoms with E-state index in [1.54, 1.807) is 16.8 Å². The lowest BCUT2D eigenvalue weighted by atomic mass is 10.1. The maximum atomic E-state index is 13.6. The number of rotatable bonds is 8. The molecule has 1 aliphatic rings. The zero-order chi connectivity index (χ0) is 25.7. The van der Waals surface area contributed by atoms with Crippen LogP contribution in [0.25, 0.3) is 16.7 Å². The van der Waals surface area contributed by atoms with Crippen molar-refractivity contribution in [2.24, 2.45) is 0 Å². The number of carbonyl (C=O) groups is 1. The molecular weight excluding hydrogens is 457 g/mol. The van der Waals surface area contributed by atoms with Gasteiger partial charge in [-0.3, -0.25) is 0 Å². The number of carbonyl (C=O) groups excluding carboxylic acids is 1. The van der Waals surface area contributed by atoms with Crippen LogP contribution in [0.1, 0.15) is 70.3 Å². The number of aromatic nitrogens is 4. The lowest BCUT2D eigenvalue weighted by Crippen LogP contribution is -2.42. The molecule has 1 aliphatic heterocycles. The molecule has 0 bridgehead atoms. The Labute approximate surface area is 212 Å². The minimum atomic E-state index is -0.285. The van der Waals surface area contributed by atoms with Crippen LogP contribution in [0.2, 0.25) is 0 Å². The number of benzene rings is 1. The fourth-order valence-corrected chi connectivity index (χ4v) is 4.77. The van der Waals surface area contributed by atoms with Gasteiger partial charge in [0.2, 0.25) is 0 Å². The molecule has 1 saturated heterocycles. The van der Waals surface area contributed by atoms with Gasteiger partial charge in [-0.15, -0.1) is 0 Å². The number of unbranched alkanes of at least 4 members (excludes halogenated alkanes) is 1. The molecule has 1 atom stereocenters. The highest BCUT2D eigenvalue weighted by Crippen LogP contribution is 2.32. The second kappa shape index (κ2) is 11.7. The zero-order valence-electron chi connectivity index (χ0n) is 21.9. The molecule has 2 amide bonds. The zero-order valence-corrected chi connectivity index (χ0v) is 21.9. The largest absolute Gasteiger partial charge is 0.354 e. The average molecular weight is 496 g/mol. The molecule has 1 N–H and O–H groups in total. The molecule has 0 unspecified atom stereocenters. The summed E-state index contributed by atoms with van der Waals surface area (Å²) in [4.78, 5) is 26.9. The van der Waals surface area contributed by atoms with Gasteiger partial charge in [0.1, 0.15) is 17.5 Å². The van der Waals surface area contributed by atoms with Gasteiger partial charge in [-0.25, -0.2) is 23.8 Å². The lowest BCUT2D eigenvalue weighted by molar-refractivity contribution is 0.201. The number of aryl methyl sites for hydroxylation is 1. The van der Waals surface area contributed by atoms with Crippen LogP contribution >= 0.6 is 0 Å². The molecule has 0 saturated carbocycles. The van der Waals surface area contributed by atoms with Crippen molar-refractivity contribution >= 4 is 22.9 Å². The fourth-order valence-electron chi connectivity index (χ4n) is 4.77. The molecule has 0 radical (unpaired) electrons. The van der Waals surface area contributed by atoms with Gasteiger partial charge in [-0.2, -0.15) is 5.10 Å². The van der Waals surface area contributed by atoms with Crippen LogP contribution in [-0.2, 0) is 0 Å². The Morgan fingerprint density at radius 2 is 1.86 bits per heavy atom. The first-order valence-electron chi connectivity index (χ1n) is 13.2. The van der Waals surface area contributed by atoms with E-state index in [1.165, 1.54) is 12.1 Å². The van der Waals surface area contributed by atoms with E-state index in [0.717, 1.165) is 79.3 Å². The Morgan fingerprint density at radius 3 is 2.58 bits per heavy atom. The molecule has 3 aromatic rings. The standard InChI is InChI=1S/C27H38FN7O/c1-5-7-14-29-27(36)34-16-8-15-33(17-18-34)25-23-20(4)32-35(22-12-10-21(28)11-13-22)26(23)31-24(30-25)19(3)9-6-2/h10-13,19H,5-9,14-18H2,1-4H3,(H,29,36)/t19-/m1/s1. The van der Waals surface area contributed by atoms with E-state index in [4.69, 9.17) is 15.1 Å². The van der Waals surface area contributed by atoms with E-state index in [9.17, 15) is 9.18 Å². The first-order valence-corrected chi connectivity index (χ1v) is 13.2. The van der Waals surface area contributed by atoms with E-state index in [0.29, 0.717) is 19.6 Å². The van der Waals surface area contributed by atoms with Crippen LogP contribution in [0.4, 0.5) is 15.0 Å². The highest BCUT2D eigenvalue weighted by Gasteiger charge is 2.26. The van der Waals surface area contributed by atoms with Crippen molar-refractivity contribution in [2.45, 2.75) is 65.7 Å². The highest BCUT2D eigenvalue weighted by molar-refractivity contribution is 5.91. The Kier molecular flexibility index (Phi) is 8.38. The molecule has 0 aliphatic carbocycles. The predicted octanol–water partition coefficient (Wildman–Crippen LogP) is 5.19. The van der Waals surface area contributed by atoms with E-state index in [2.05, 4.69) is 31.0 Å². The second-order valence-corrected chi connectivity index (χ2v) is 9.68. The summed E-state index contributed by atoms with van der Waals surface area (Å²) in [5.74, 6) is 1.58. The van der Waals surface area contributed by atoms with E-state index < -0.39 is 0 Å². The van der Waals surface area contributed by atoms with Gasteiger partial charge >= 0.3 is 6.03 Å². The van der Waals surface area contributed by atoms with Crippen molar-refractivity contribution in [3.05, 3.63) is 41.6 Å². The maximum absolute atomic E-state index is 13.6. The summed E-state index contributed by atoms with van der Waals surface area (Å²) in [6.45, 7) is 12.0. The van der Waals surface area contributed by atoms with Crippen molar-refractivity contribution in [2.75, 3.05) is 37.6 Å². The van der Waals surface area contributed by atoms with Crippen molar-refractivity contribution in [3.8, 4) is 5.69 Å². The van der Waals surface area contributed by atoms with Crippen LogP contribution in [0, 0.1) is 12.7 Å². The van der Waals surface area contributed by atoms with E-state index in [-0.39, 0.29) is 17.8 Å². The molecule has 194 valence electrons. The number of nitrogens with zero attached hydrogens (tertiary/aromatic N) is 6. The fraction of sp³-hybridized carbons (Fsp3) is 0.556. The van der Waals surface area contributed by atoms with Gasteiger partial charge in [0.05, 0.1) is 16.8 Å². The van der Waals surface area contributed by atoms with E-state index in [1.807, 2.05) is 11.8 Å². The van der Waals surface area contributed by atoms with Crippen molar-refractivity contribution in [1.29, 1.82) is 0 Å². The summed E-state index contributed by atoms with van der Waals surface area (Å²) in [7, 11) is 0. The van der Waals surface area contributed by atoms with Gasteiger partial charge in [0.25, 0.3) is 0 Å². The molecule has 2 aromatic heterocycles. The molecule has 1 fully saturated rings. The number of nitrogens with one attached hydrogen (secondary N) is 1. The predicted molar refractivity (Wildman–Crippen MR) is 141 cm³/mol. The van der Waals surface area contributed by atoms with Crippen molar-refractivity contribution in [1.82, 2.24) is 30.0 Å². The van der Waals surface area contributed by atoms with Crippen LogP contribution in [0.3, 0.4) is 0 Å². The van der Waals surface area contributed by atoms with Crippen LogP contribution in [0.15, 0.2) is 24.3 Å². The Balaban J connectivity index is 1.70. The molecule has 36 heavy (non-hydrogen) atoms. The number of amides is 2. The van der Waals surface area contributed by atoms with Gasteiger partial charge < -0.3 is 15.1 Å². The van der Waals surface area contributed by atoms with Crippen molar-refractivity contribution < 1.29 is 9.18 Å². The monoisotopic (exact) mass is 495 g/mol. The topological polar surface area (TPSA) is 79.2 Å². The third-order valence-corrected chi connectivity index (χ3v) is 6.82. The molecule has 9 heteroatoms. The maximum Gasteiger partial charge on any atom is 0.317 e. The SMILES string of the molecule is CCCCNC(=O)N1CCCN(c2nc([C@H](C)CCC)nc3c2c(C)nn3-c2ccc(F)cc2)CC1. The number of fused-ring (bicyclic) bond motifs is 1. The minimum Gasteiger partial charge on any atom is -0.354 e. The molecule has 8 nitrogen and oxygen atoms in total. The van der Waals surface area contributed by atoms with Gasteiger partial charge in [0.15, 0.2) is 5.65 Å². The quantitative estimate of drug-likeness (QED) is 0.435. The molecule has 4 rings (SSSR count). The Morgan fingerprint density at radius 1 is 1.08 bits per heavy atom. The Hall–Kier alpha value is -3.23. The number of urea groups is 1. The first-order chi connectivity index (χ1) is 17.4. The summed E-state index contributed by atoms with van der Waals surface area (Å²) in [6.07, 6.45) is 4.93. The van der Waals surface area contributed by atoms with E-state index >= 15 is 0 Å². The van der Waals surface area contributed by atoms with Gasteiger partial charge in [-0.1, -0.05) is 33.6 Å². The average Bonchev–Trinajstić information content (AvgIpc) is 3.04. The first kappa shape index (κ1) is 25.9. The lowest BCUT2D eigenvalue weighted by Gasteiger charge is -2.24. The van der Waals surface area contributed by atoms with Crippen LogP contribution < -0.4 is 10.2 Å². The molecule has 3 heterocycles. The summed E-state index contributed by atoms with van der Waals surface area (Å²) >= 11 is 0. The van der Waals surface area contributed by atoms with Gasteiger partial charge in [0, 0.05) is 38.6 Å². The number of hydrogen-bond donors (Lipinski definition) is 1. The molecule has 1 aromatic carbocycles. The summed E-state index contributed by atoms with van der Waals surface area (Å²) < 4.78 is 15.4. The van der Waals surface area contributed by atoms with Gasteiger partial charge in [-0.05, 0) is 50.5 Å². The third kappa shape index (κ3) is 5.60. The Bertz CT molecular complexity index is 1180. The smallest absolute Gasteiger partial charge is 0.317 e. The van der Waals surface area contributed by atoms with Crippen LogP contribution in [0.5, 0.6) is 0 Å². The molecular formula is C27H38FN7O. The minimum absolute atomic E-state index is 0.00991. The van der Waals surface area contributed by atoms with Crippen LogP contribution in [-0.4, -0.2) is 63.4 Å². The number of halogens is 1. The number of hydrogen-bond acceptors (Lipinski definition) is 5. The summed E-state index contributed by atoms with van der Waals surface area (Å²) in [5.41, 5.74) is 2.33.